The van der Waals surface area contributed by atoms with Crippen LogP contribution in [-0.2, 0) is 6.42 Å². The Labute approximate surface area is 132 Å². The van der Waals surface area contributed by atoms with Gasteiger partial charge in [0.25, 0.3) is 0 Å². The number of hydrogen-bond donors (Lipinski definition) is 1. The third kappa shape index (κ3) is 2.38. The monoisotopic (exact) mass is 304 g/mol. The first-order valence-corrected chi connectivity index (χ1v) is 9.64. The highest BCUT2D eigenvalue weighted by Crippen LogP contribution is 2.50. The van der Waals surface area contributed by atoms with E-state index in [0.717, 1.165) is 18.4 Å². The van der Waals surface area contributed by atoms with Crippen LogP contribution >= 0.6 is 11.3 Å². The van der Waals surface area contributed by atoms with Gasteiger partial charge in [0, 0.05) is 29.5 Å². The molecule has 1 aromatic heterocycles. The summed E-state index contributed by atoms with van der Waals surface area (Å²) in [5.41, 5.74) is 8.23. The lowest BCUT2D eigenvalue weighted by Crippen LogP contribution is -2.58. The van der Waals surface area contributed by atoms with Gasteiger partial charge in [0.1, 0.15) is 0 Å². The average molecular weight is 305 g/mol. The fraction of sp³-hybridized carbons (Fsp3) is 0.778. The Morgan fingerprint density at radius 2 is 2.19 bits per heavy atom. The molecule has 0 bridgehead atoms. The predicted molar refractivity (Wildman–Crippen MR) is 89.6 cm³/mol. The second-order valence-corrected chi connectivity index (χ2v) is 8.54. The summed E-state index contributed by atoms with van der Waals surface area (Å²) in [5, 5.41) is 2.27. The number of nitrogens with two attached hydrogens (primary N) is 1. The molecule has 0 amide bonds. The highest BCUT2D eigenvalue weighted by atomic mass is 32.1. The summed E-state index contributed by atoms with van der Waals surface area (Å²) < 4.78 is 0. The maximum absolute atomic E-state index is 6.37. The van der Waals surface area contributed by atoms with Crippen LogP contribution in [0, 0.1) is 11.8 Å². The third-order valence-corrected chi connectivity index (χ3v) is 7.41. The molecular weight excluding hydrogens is 276 g/mol. The summed E-state index contributed by atoms with van der Waals surface area (Å²) in [5.74, 6) is 1.99. The fourth-order valence-electron chi connectivity index (χ4n) is 5.08. The molecule has 2 fully saturated rings. The van der Waals surface area contributed by atoms with E-state index in [1.54, 1.807) is 10.4 Å². The molecule has 1 aromatic rings. The van der Waals surface area contributed by atoms with Gasteiger partial charge in [-0.3, -0.25) is 4.90 Å². The van der Waals surface area contributed by atoms with Gasteiger partial charge in [-0.1, -0.05) is 12.8 Å². The summed E-state index contributed by atoms with van der Waals surface area (Å²) in [6, 6.07) is 2.91. The van der Waals surface area contributed by atoms with E-state index in [1.165, 1.54) is 51.5 Å². The molecule has 3 heteroatoms. The number of thiophene rings is 1. The number of nitrogens with zero attached hydrogens (tertiary/aromatic N) is 1. The molecule has 0 aromatic carbocycles. The lowest BCUT2D eigenvalue weighted by Gasteiger charge is -2.52. The first-order chi connectivity index (χ1) is 10.2. The van der Waals surface area contributed by atoms with Crippen molar-refractivity contribution in [2.45, 2.75) is 63.5 Å². The Morgan fingerprint density at radius 3 is 2.95 bits per heavy atom. The van der Waals surface area contributed by atoms with Gasteiger partial charge >= 0.3 is 0 Å². The largest absolute Gasteiger partial charge is 0.329 e. The zero-order chi connectivity index (χ0) is 14.4. The van der Waals surface area contributed by atoms with Crippen molar-refractivity contribution in [2.24, 2.45) is 17.6 Å². The van der Waals surface area contributed by atoms with Crippen molar-refractivity contribution in [3.8, 4) is 0 Å². The van der Waals surface area contributed by atoms with Gasteiger partial charge in [0.15, 0.2) is 0 Å². The molecule has 3 aliphatic rings. The molecule has 2 aliphatic carbocycles. The smallest absolute Gasteiger partial charge is 0.0340 e. The molecule has 3 unspecified atom stereocenters. The molecule has 2 heterocycles. The average Bonchev–Trinajstić information content (AvgIpc) is 3.25. The summed E-state index contributed by atoms with van der Waals surface area (Å²) in [6.07, 6.45) is 9.71. The Balaban J connectivity index is 1.60. The summed E-state index contributed by atoms with van der Waals surface area (Å²) in [7, 11) is 0. The van der Waals surface area contributed by atoms with Crippen LogP contribution < -0.4 is 5.73 Å². The minimum Gasteiger partial charge on any atom is -0.329 e. The summed E-state index contributed by atoms with van der Waals surface area (Å²) >= 11 is 1.94. The first kappa shape index (κ1) is 14.2. The van der Waals surface area contributed by atoms with Crippen LogP contribution in [0.4, 0.5) is 0 Å². The van der Waals surface area contributed by atoms with E-state index >= 15 is 0 Å². The second-order valence-electron chi connectivity index (χ2n) is 7.54. The van der Waals surface area contributed by atoms with Crippen molar-refractivity contribution < 1.29 is 0 Å². The van der Waals surface area contributed by atoms with Crippen molar-refractivity contribution in [3.05, 3.63) is 21.9 Å². The zero-order valence-electron chi connectivity index (χ0n) is 13.2. The van der Waals surface area contributed by atoms with Crippen molar-refractivity contribution in [1.29, 1.82) is 0 Å². The third-order valence-electron chi connectivity index (χ3n) is 6.41. The highest BCUT2D eigenvalue weighted by Gasteiger charge is 2.46. The summed E-state index contributed by atoms with van der Waals surface area (Å²) in [6.45, 7) is 4.46. The van der Waals surface area contributed by atoms with Gasteiger partial charge in [0.05, 0.1) is 0 Å². The Hall–Kier alpha value is -0.380. The zero-order valence-corrected chi connectivity index (χ0v) is 14.0. The summed E-state index contributed by atoms with van der Waals surface area (Å²) in [4.78, 5) is 4.40. The molecule has 0 radical (unpaired) electrons. The van der Waals surface area contributed by atoms with E-state index in [4.69, 9.17) is 5.73 Å². The molecule has 116 valence electrons. The number of fused-ring (bicyclic) bond motifs is 1. The predicted octanol–water partition coefficient (Wildman–Crippen LogP) is 3.96. The Bertz CT molecular complexity index is 507. The number of hydrogen-bond acceptors (Lipinski definition) is 3. The van der Waals surface area contributed by atoms with Crippen LogP contribution in [0.5, 0.6) is 0 Å². The standard InChI is InChI=1S/C18H28N2S/c1-13-16-7-10-21-17(16)6-9-20(13)18(12-19)8-2-3-15(11-18)14-4-5-14/h7,10,13-15H,2-6,8-9,11-12,19H2,1H3. The van der Waals surface area contributed by atoms with Crippen LogP contribution in [0.2, 0.25) is 0 Å². The van der Waals surface area contributed by atoms with Crippen molar-refractivity contribution in [1.82, 2.24) is 4.90 Å². The fourth-order valence-corrected chi connectivity index (χ4v) is 6.04. The molecule has 1 aliphatic heterocycles. The maximum atomic E-state index is 6.37. The van der Waals surface area contributed by atoms with E-state index in [2.05, 4.69) is 23.3 Å². The molecule has 21 heavy (non-hydrogen) atoms. The SMILES string of the molecule is CC1c2ccsc2CCN1C1(CN)CCCC(C2CC2)C1. The molecule has 0 spiro atoms. The van der Waals surface area contributed by atoms with Gasteiger partial charge in [-0.2, -0.15) is 0 Å². The minimum atomic E-state index is 0.282. The van der Waals surface area contributed by atoms with Crippen LogP contribution in [0.25, 0.3) is 0 Å². The molecule has 0 saturated heterocycles. The Kier molecular flexibility index (Phi) is 3.63. The van der Waals surface area contributed by atoms with Crippen molar-refractivity contribution in [2.75, 3.05) is 13.1 Å². The minimum absolute atomic E-state index is 0.282. The lowest BCUT2D eigenvalue weighted by atomic mass is 9.71. The van der Waals surface area contributed by atoms with E-state index in [0.29, 0.717) is 6.04 Å². The van der Waals surface area contributed by atoms with Gasteiger partial charge in [0.2, 0.25) is 0 Å². The van der Waals surface area contributed by atoms with E-state index < -0.39 is 0 Å². The molecule has 3 atom stereocenters. The van der Waals surface area contributed by atoms with Gasteiger partial charge in [-0.05, 0) is 67.9 Å². The second kappa shape index (κ2) is 5.36. The topological polar surface area (TPSA) is 29.3 Å². The van der Waals surface area contributed by atoms with Gasteiger partial charge in [-0.15, -0.1) is 11.3 Å². The van der Waals surface area contributed by atoms with Crippen molar-refractivity contribution >= 4 is 11.3 Å². The van der Waals surface area contributed by atoms with Gasteiger partial charge < -0.3 is 5.73 Å². The molecule has 4 rings (SSSR count). The maximum Gasteiger partial charge on any atom is 0.0340 e. The van der Waals surface area contributed by atoms with Crippen LogP contribution in [0.15, 0.2) is 11.4 Å². The first-order valence-electron chi connectivity index (χ1n) is 8.76. The van der Waals surface area contributed by atoms with E-state index in [-0.39, 0.29) is 5.54 Å². The molecule has 2 saturated carbocycles. The van der Waals surface area contributed by atoms with E-state index in [1.807, 2.05) is 11.3 Å². The highest BCUT2D eigenvalue weighted by molar-refractivity contribution is 7.10. The van der Waals surface area contributed by atoms with Crippen LogP contribution in [0.1, 0.15) is 61.9 Å². The van der Waals surface area contributed by atoms with Crippen molar-refractivity contribution in [3.63, 3.8) is 0 Å². The lowest BCUT2D eigenvalue weighted by molar-refractivity contribution is -0.00201. The normalized spacial score (nSPS) is 37.4. The molecular formula is C18H28N2S. The number of rotatable bonds is 3. The Morgan fingerprint density at radius 1 is 1.33 bits per heavy atom. The van der Waals surface area contributed by atoms with Crippen LogP contribution in [-0.4, -0.2) is 23.5 Å². The quantitative estimate of drug-likeness (QED) is 0.915. The van der Waals surface area contributed by atoms with Crippen LogP contribution in [0.3, 0.4) is 0 Å². The van der Waals surface area contributed by atoms with Gasteiger partial charge in [-0.25, -0.2) is 0 Å². The van der Waals surface area contributed by atoms with E-state index in [9.17, 15) is 0 Å². The molecule has 2 nitrogen and oxygen atoms in total. The molecule has 2 N–H and O–H groups in total.